The molecule has 0 saturated carbocycles. The first-order valence-electron chi connectivity index (χ1n) is 17.1. The van der Waals surface area contributed by atoms with E-state index in [-0.39, 0.29) is 37.4 Å². The number of unbranched alkanes of at least 4 members (excludes halogenated alkanes) is 4. The molecule has 11 heteroatoms. The molecule has 47 heavy (non-hydrogen) atoms. The van der Waals surface area contributed by atoms with Gasteiger partial charge >= 0.3 is 5.97 Å². The van der Waals surface area contributed by atoms with Crippen molar-refractivity contribution in [1.29, 1.82) is 0 Å². The number of esters is 1. The lowest BCUT2D eigenvalue weighted by molar-refractivity contribution is -0.162. The molecule has 5 rings (SSSR count). The molecule has 0 aliphatic carbocycles. The lowest BCUT2D eigenvalue weighted by atomic mass is 9.74. The number of carbonyl (C=O) groups is 4. The SMILES string of the molecule is CCCCN1C/C=C\CCC(=O)N[C@H](COC)[C@@H](c2ccccc2)OC(=O)[C@@H]2[C@@H]3C=C[C@]4(O3)[C@H](C1=O)N(CCCCCCO)C(=O)[C@@H]24. The van der Waals surface area contributed by atoms with Gasteiger partial charge in [-0.3, -0.25) is 19.2 Å². The van der Waals surface area contributed by atoms with Crippen LogP contribution in [0.5, 0.6) is 0 Å². The first-order valence-corrected chi connectivity index (χ1v) is 17.1. The number of nitrogens with zero attached hydrogens (tertiary/aromatic N) is 2. The Morgan fingerprint density at radius 2 is 1.79 bits per heavy atom. The summed E-state index contributed by atoms with van der Waals surface area (Å²) in [7, 11) is 1.52. The second-order valence-electron chi connectivity index (χ2n) is 12.9. The van der Waals surface area contributed by atoms with E-state index >= 15 is 0 Å². The number of aliphatic hydroxyl groups is 1. The number of hydrogen-bond acceptors (Lipinski definition) is 8. The maximum absolute atomic E-state index is 14.6. The van der Waals surface area contributed by atoms with Gasteiger partial charge < -0.3 is 34.4 Å². The highest BCUT2D eigenvalue weighted by atomic mass is 16.6. The van der Waals surface area contributed by atoms with E-state index in [1.54, 1.807) is 15.9 Å². The quantitative estimate of drug-likeness (QED) is 0.200. The average molecular weight is 652 g/mol. The van der Waals surface area contributed by atoms with Crippen LogP contribution in [0.1, 0.15) is 70.0 Å². The third-order valence-corrected chi connectivity index (χ3v) is 9.74. The first kappa shape index (κ1) is 34.8. The molecule has 0 aromatic heterocycles. The number of ether oxygens (including phenoxy) is 3. The Hall–Kier alpha value is -3.54. The number of amides is 3. The Bertz CT molecular complexity index is 1320. The van der Waals surface area contributed by atoms with Gasteiger partial charge in [-0.15, -0.1) is 0 Å². The van der Waals surface area contributed by atoms with Gasteiger partial charge in [-0.2, -0.15) is 0 Å². The predicted octanol–water partition coefficient (Wildman–Crippen LogP) is 3.08. The second kappa shape index (κ2) is 16.0. The number of rotatable bonds is 12. The predicted molar refractivity (Wildman–Crippen MR) is 174 cm³/mol. The van der Waals surface area contributed by atoms with Crippen LogP contribution in [-0.4, -0.2) is 102 Å². The lowest BCUT2D eigenvalue weighted by Gasteiger charge is -2.36. The van der Waals surface area contributed by atoms with Crippen molar-refractivity contribution in [2.75, 3.05) is 40.0 Å². The first-order chi connectivity index (χ1) is 22.9. The third kappa shape index (κ3) is 7.32. The summed E-state index contributed by atoms with van der Waals surface area (Å²) in [5, 5.41) is 12.2. The van der Waals surface area contributed by atoms with Crippen LogP contribution in [0.3, 0.4) is 0 Å². The number of nitrogens with one attached hydrogen (secondary N) is 1. The van der Waals surface area contributed by atoms with Gasteiger partial charge in [-0.05, 0) is 31.2 Å². The second-order valence-corrected chi connectivity index (χ2v) is 12.9. The van der Waals surface area contributed by atoms with Crippen molar-refractivity contribution in [3.8, 4) is 0 Å². The van der Waals surface area contributed by atoms with Crippen molar-refractivity contribution in [2.24, 2.45) is 11.8 Å². The number of fused-ring (bicyclic) bond motifs is 2. The molecule has 1 aromatic carbocycles. The number of methoxy groups -OCH3 is 1. The minimum Gasteiger partial charge on any atom is -0.455 e. The zero-order valence-electron chi connectivity index (χ0n) is 27.6. The van der Waals surface area contributed by atoms with Crippen molar-refractivity contribution >= 4 is 23.7 Å². The molecule has 4 aliphatic rings. The van der Waals surface area contributed by atoms with Crippen LogP contribution >= 0.6 is 0 Å². The maximum Gasteiger partial charge on any atom is 0.313 e. The number of likely N-dealkylation sites (tertiary alicyclic amines) is 1. The van der Waals surface area contributed by atoms with E-state index in [0.29, 0.717) is 44.5 Å². The summed E-state index contributed by atoms with van der Waals surface area (Å²) in [5.74, 6) is -3.23. The van der Waals surface area contributed by atoms with E-state index in [1.807, 2.05) is 48.6 Å². The molecule has 1 aromatic rings. The zero-order chi connectivity index (χ0) is 33.4. The van der Waals surface area contributed by atoms with E-state index in [0.717, 1.165) is 25.7 Å². The normalized spacial score (nSPS) is 31.6. The monoisotopic (exact) mass is 651 g/mol. The molecular formula is C36H49N3O8. The molecule has 7 atom stereocenters. The summed E-state index contributed by atoms with van der Waals surface area (Å²) >= 11 is 0. The highest BCUT2D eigenvalue weighted by Gasteiger charge is 2.73. The molecule has 0 radical (unpaired) electrons. The van der Waals surface area contributed by atoms with Crippen LogP contribution < -0.4 is 5.32 Å². The molecule has 3 amide bonds. The fourth-order valence-electron chi connectivity index (χ4n) is 7.44. The van der Waals surface area contributed by atoms with Crippen molar-refractivity contribution in [2.45, 2.75) is 88.2 Å². The zero-order valence-corrected chi connectivity index (χ0v) is 27.6. The number of aliphatic hydroxyl groups excluding tert-OH is 1. The molecular weight excluding hydrogens is 602 g/mol. The van der Waals surface area contributed by atoms with Crippen molar-refractivity contribution in [3.63, 3.8) is 0 Å². The minimum atomic E-state index is -1.29. The Morgan fingerprint density at radius 3 is 2.53 bits per heavy atom. The molecule has 1 spiro atoms. The highest BCUT2D eigenvalue weighted by molar-refractivity contribution is 5.99. The number of carbonyl (C=O) groups excluding carboxylic acids is 4. The Balaban J connectivity index is 1.54. The third-order valence-electron chi connectivity index (χ3n) is 9.74. The molecule has 4 heterocycles. The van der Waals surface area contributed by atoms with Crippen molar-refractivity contribution in [3.05, 3.63) is 60.2 Å². The number of benzene rings is 1. The minimum absolute atomic E-state index is 0.0955. The van der Waals surface area contributed by atoms with Gasteiger partial charge in [0.25, 0.3) is 0 Å². The van der Waals surface area contributed by atoms with Crippen molar-refractivity contribution < 1.29 is 38.5 Å². The molecule has 5 bridgehead atoms. The average Bonchev–Trinajstić information content (AvgIpc) is 3.71. The number of allylic oxidation sites excluding steroid dienone is 1. The van der Waals surface area contributed by atoms with Crippen LogP contribution in [0.2, 0.25) is 0 Å². The van der Waals surface area contributed by atoms with Gasteiger partial charge in [0.15, 0.2) is 0 Å². The van der Waals surface area contributed by atoms with Crippen molar-refractivity contribution in [1.82, 2.24) is 15.1 Å². The van der Waals surface area contributed by atoms with E-state index < -0.39 is 47.7 Å². The smallest absolute Gasteiger partial charge is 0.313 e. The number of hydrogen-bond donors (Lipinski definition) is 2. The summed E-state index contributed by atoms with van der Waals surface area (Å²) in [6.45, 7) is 3.44. The fraction of sp³-hybridized carbons (Fsp3) is 0.611. The summed E-state index contributed by atoms with van der Waals surface area (Å²) < 4.78 is 18.3. The van der Waals surface area contributed by atoms with Crippen LogP contribution in [0, 0.1) is 11.8 Å². The molecule has 2 N–H and O–H groups in total. The van der Waals surface area contributed by atoms with E-state index in [2.05, 4.69) is 12.2 Å². The topological polar surface area (TPSA) is 135 Å². The summed E-state index contributed by atoms with van der Waals surface area (Å²) in [5.41, 5.74) is -0.616. The molecule has 4 aliphatic heterocycles. The molecule has 0 unspecified atom stereocenters. The fourth-order valence-corrected chi connectivity index (χ4v) is 7.44. The van der Waals surface area contributed by atoms with Gasteiger partial charge in [0, 0.05) is 39.8 Å². The lowest BCUT2D eigenvalue weighted by Crippen LogP contribution is -2.56. The Morgan fingerprint density at radius 1 is 1.00 bits per heavy atom. The van der Waals surface area contributed by atoms with Gasteiger partial charge in [0.2, 0.25) is 17.7 Å². The molecule has 256 valence electrons. The summed E-state index contributed by atoms with van der Waals surface area (Å²) in [6.07, 6.45) is 11.1. The van der Waals surface area contributed by atoms with Crippen LogP contribution in [0.15, 0.2) is 54.6 Å². The summed E-state index contributed by atoms with van der Waals surface area (Å²) in [6, 6.07) is 7.57. The molecule has 11 nitrogen and oxygen atoms in total. The summed E-state index contributed by atoms with van der Waals surface area (Å²) in [4.78, 5) is 59.8. The van der Waals surface area contributed by atoms with Crippen LogP contribution in [-0.2, 0) is 33.4 Å². The van der Waals surface area contributed by atoms with Gasteiger partial charge in [-0.1, -0.05) is 80.8 Å². The van der Waals surface area contributed by atoms with Gasteiger partial charge in [-0.25, -0.2) is 0 Å². The Kier molecular flexibility index (Phi) is 11.9. The van der Waals surface area contributed by atoms with Crippen LogP contribution in [0.25, 0.3) is 0 Å². The standard InChI is InChI=1S/C36H49N3O8/c1-3-4-20-38-21-12-8-11-17-28(41)37-26(24-45-2)31(25-15-9-7-10-16-25)46-35(44)29-27-18-19-36(47-27)30(29)33(42)39(32(36)34(38)43)22-13-5-6-14-23-40/h7-10,12,15-16,18-19,26-27,29-32,40H,3-6,11,13-14,17,20-24H2,1-2H3,(H,37,41)/b12-8-/t26-,27+,29-,30-,31-,32+,36-/m1/s1. The van der Waals surface area contributed by atoms with E-state index in [9.17, 15) is 24.3 Å². The van der Waals surface area contributed by atoms with Gasteiger partial charge in [0.05, 0.1) is 24.7 Å². The highest BCUT2D eigenvalue weighted by Crippen LogP contribution is 2.56. The molecule has 2 saturated heterocycles. The maximum atomic E-state index is 14.6. The van der Waals surface area contributed by atoms with Gasteiger partial charge in [0.1, 0.15) is 23.7 Å². The largest absolute Gasteiger partial charge is 0.455 e. The Labute approximate surface area is 277 Å². The van der Waals surface area contributed by atoms with E-state index in [1.165, 1.54) is 7.11 Å². The number of cyclic esters (lactones) is 1. The van der Waals surface area contributed by atoms with Crippen LogP contribution in [0.4, 0.5) is 0 Å². The van der Waals surface area contributed by atoms with E-state index in [4.69, 9.17) is 14.2 Å². The molecule has 2 fully saturated rings.